The number of anilines is 1. The zero-order valence-corrected chi connectivity index (χ0v) is 12.9. The first-order chi connectivity index (χ1) is 9.94. The Bertz CT molecular complexity index is 717. The average molecular weight is 324 g/mol. The fourth-order valence-electron chi connectivity index (χ4n) is 1.94. The molecular weight excluding hydrogens is 310 g/mol. The second-order valence-electron chi connectivity index (χ2n) is 4.43. The highest BCUT2D eigenvalue weighted by atomic mass is 35.5. The van der Waals surface area contributed by atoms with Crippen molar-refractivity contribution in [1.82, 2.24) is 0 Å². The minimum Gasteiger partial charge on any atom is -0.279 e. The van der Waals surface area contributed by atoms with Crippen LogP contribution in [0.1, 0.15) is 6.92 Å². The molecule has 1 unspecified atom stereocenters. The van der Waals surface area contributed by atoms with Crippen LogP contribution in [0.25, 0.3) is 0 Å². The highest BCUT2D eigenvalue weighted by molar-refractivity contribution is 7.93. The van der Waals surface area contributed by atoms with E-state index >= 15 is 0 Å². The second-order valence-corrected chi connectivity index (χ2v) is 6.62. The summed E-state index contributed by atoms with van der Waals surface area (Å²) in [4.78, 5) is 11.6. The fraction of sp³-hybridized carbons (Fsp3) is 0.133. The molecule has 0 saturated carbocycles. The standard InChI is InChI=1S/C15H14ClNO3S/c1-12(15(16)18)17(13-8-4-2-5-9-13)21(19,20)14-10-6-3-7-11-14/h2-12H,1H3. The largest absolute Gasteiger partial charge is 0.279 e. The van der Waals surface area contributed by atoms with Gasteiger partial charge in [-0.05, 0) is 42.8 Å². The summed E-state index contributed by atoms with van der Waals surface area (Å²) in [7, 11) is -3.87. The molecule has 0 heterocycles. The smallest absolute Gasteiger partial charge is 0.265 e. The van der Waals surface area contributed by atoms with Crippen molar-refractivity contribution >= 4 is 32.6 Å². The van der Waals surface area contributed by atoms with Gasteiger partial charge in [-0.2, -0.15) is 0 Å². The maximum atomic E-state index is 12.8. The number of rotatable bonds is 5. The van der Waals surface area contributed by atoms with Gasteiger partial charge in [0.1, 0.15) is 6.04 Å². The summed E-state index contributed by atoms with van der Waals surface area (Å²) in [5.74, 6) is 0. The number of benzene rings is 2. The molecule has 0 aliphatic rings. The van der Waals surface area contributed by atoms with Crippen molar-refractivity contribution in [3.8, 4) is 0 Å². The van der Waals surface area contributed by atoms with Crippen LogP contribution in [-0.2, 0) is 14.8 Å². The van der Waals surface area contributed by atoms with Crippen LogP contribution in [0.15, 0.2) is 65.6 Å². The fourth-order valence-corrected chi connectivity index (χ4v) is 3.74. The lowest BCUT2D eigenvalue weighted by atomic mass is 10.3. The molecule has 2 aromatic rings. The lowest BCUT2D eigenvalue weighted by Gasteiger charge is -2.28. The maximum absolute atomic E-state index is 12.8. The third-order valence-electron chi connectivity index (χ3n) is 2.99. The van der Waals surface area contributed by atoms with Crippen molar-refractivity contribution in [1.29, 1.82) is 0 Å². The van der Waals surface area contributed by atoms with Crippen molar-refractivity contribution in [3.63, 3.8) is 0 Å². The monoisotopic (exact) mass is 323 g/mol. The van der Waals surface area contributed by atoms with E-state index in [0.717, 1.165) is 4.31 Å². The van der Waals surface area contributed by atoms with Crippen LogP contribution in [0.3, 0.4) is 0 Å². The van der Waals surface area contributed by atoms with E-state index in [2.05, 4.69) is 0 Å². The Kier molecular flexibility index (Phi) is 4.65. The maximum Gasteiger partial charge on any atom is 0.265 e. The van der Waals surface area contributed by atoms with Crippen LogP contribution in [0, 0.1) is 0 Å². The van der Waals surface area contributed by atoms with E-state index in [4.69, 9.17) is 11.6 Å². The molecule has 0 aliphatic carbocycles. The van der Waals surface area contributed by atoms with Gasteiger partial charge in [0.2, 0.25) is 5.24 Å². The predicted octanol–water partition coefficient (Wildman–Crippen LogP) is 3.04. The van der Waals surface area contributed by atoms with Crippen molar-refractivity contribution in [2.75, 3.05) is 4.31 Å². The average Bonchev–Trinajstić information content (AvgIpc) is 2.49. The van der Waals surface area contributed by atoms with Crippen LogP contribution in [0.4, 0.5) is 5.69 Å². The third kappa shape index (κ3) is 3.25. The number of hydrogen-bond donors (Lipinski definition) is 0. The molecule has 0 aromatic heterocycles. The van der Waals surface area contributed by atoms with Crippen molar-refractivity contribution in [3.05, 3.63) is 60.7 Å². The van der Waals surface area contributed by atoms with E-state index in [1.807, 2.05) is 0 Å². The van der Waals surface area contributed by atoms with Gasteiger partial charge in [-0.3, -0.25) is 9.10 Å². The zero-order chi connectivity index (χ0) is 15.5. The van der Waals surface area contributed by atoms with E-state index in [0.29, 0.717) is 5.69 Å². The SMILES string of the molecule is CC(C(=O)Cl)N(c1ccccc1)S(=O)(=O)c1ccccc1. The van der Waals surface area contributed by atoms with Gasteiger partial charge in [-0.15, -0.1) is 0 Å². The van der Waals surface area contributed by atoms with E-state index in [-0.39, 0.29) is 4.90 Å². The summed E-state index contributed by atoms with van der Waals surface area (Å²) in [6.45, 7) is 1.46. The molecule has 0 aliphatic heterocycles. The molecule has 0 amide bonds. The lowest BCUT2D eigenvalue weighted by Crippen LogP contribution is -2.42. The molecule has 0 bridgehead atoms. The van der Waals surface area contributed by atoms with Crippen molar-refractivity contribution in [2.24, 2.45) is 0 Å². The number of sulfonamides is 1. The summed E-state index contributed by atoms with van der Waals surface area (Å²) in [6.07, 6.45) is 0. The van der Waals surface area contributed by atoms with Crippen molar-refractivity contribution < 1.29 is 13.2 Å². The number of nitrogens with zero attached hydrogens (tertiary/aromatic N) is 1. The van der Waals surface area contributed by atoms with Gasteiger partial charge < -0.3 is 0 Å². The molecule has 1 atom stereocenters. The Morgan fingerprint density at radius 2 is 1.48 bits per heavy atom. The highest BCUT2D eigenvalue weighted by Gasteiger charge is 2.32. The molecule has 2 aromatic carbocycles. The Hall–Kier alpha value is -1.85. The van der Waals surface area contributed by atoms with Gasteiger partial charge in [-0.1, -0.05) is 36.4 Å². The van der Waals surface area contributed by atoms with E-state index in [1.54, 1.807) is 48.5 Å². The number of carbonyl (C=O) groups is 1. The Balaban J connectivity index is 2.58. The van der Waals surface area contributed by atoms with Crippen LogP contribution >= 0.6 is 11.6 Å². The first-order valence-corrected chi connectivity index (χ1v) is 8.10. The highest BCUT2D eigenvalue weighted by Crippen LogP contribution is 2.26. The molecule has 0 fully saturated rings. The van der Waals surface area contributed by atoms with Crippen LogP contribution in [0.2, 0.25) is 0 Å². The predicted molar refractivity (Wildman–Crippen MR) is 82.9 cm³/mol. The molecule has 2 rings (SSSR count). The molecule has 110 valence electrons. The normalized spacial score (nSPS) is 12.7. The Morgan fingerprint density at radius 3 is 1.95 bits per heavy atom. The summed E-state index contributed by atoms with van der Waals surface area (Å²) in [5.41, 5.74) is 0.392. The molecule has 0 spiro atoms. The van der Waals surface area contributed by atoms with Gasteiger partial charge in [0, 0.05) is 0 Å². The zero-order valence-electron chi connectivity index (χ0n) is 11.3. The van der Waals surface area contributed by atoms with E-state index in [1.165, 1.54) is 19.1 Å². The minimum absolute atomic E-state index is 0.110. The number of halogens is 1. The van der Waals surface area contributed by atoms with E-state index < -0.39 is 21.3 Å². The molecule has 0 N–H and O–H groups in total. The van der Waals surface area contributed by atoms with Gasteiger partial charge in [0.15, 0.2) is 0 Å². The van der Waals surface area contributed by atoms with Crippen LogP contribution in [0.5, 0.6) is 0 Å². The van der Waals surface area contributed by atoms with E-state index in [9.17, 15) is 13.2 Å². The number of carbonyl (C=O) groups excluding carboxylic acids is 1. The summed E-state index contributed by atoms with van der Waals surface area (Å²) in [5, 5.41) is -0.738. The van der Waals surface area contributed by atoms with Gasteiger partial charge in [-0.25, -0.2) is 8.42 Å². The summed E-state index contributed by atoms with van der Waals surface area (Å²) >= 11 is 5.52. The molecule has 0 radical (unpaired) electrons. The summed E-state index contributed by atoms with van der Waals surface area (Å²) < 4.78 is 26.6. The van der Waals surface area contributed by atoms with Gasteiger partial charge >= 0.3 is 0 Å². The number of para-hydroxylation sites is 1. The Morgan fingerprint density at radius 1 is 1.00 bits per heavy atom. The summed E-state index contributed by atoms with van der Waals surface area (Å²) in [6, 6.07) is 15.4. The first kappa shape index (κ1) is 15.5. The minimum atomic E-state index is -3.87. The molecule has 0 saturated heterocycles. The third-order valence-corrected chi connectivity index (χ3v) is 5.22. The molecule has 6 heteroatoms. The molecule has 4 nitrogen and oxygen atoms in total. The number of hydrogen-bond acceptors (Lipinski definition) is 3. The molecule has 21 heavy (non-hydrogen) atoms. The van der Waals surface area contributed by atoms with Crippen LogP contribution in [-0.4, -0.2) is 19.7 Å². The van der Waals surface area contributed by atoms with Crippen molar-refractivity contribution in [2.45, 2.75) is 17.9 Å². The Labute approximate surface area is 129 Å². The van der Waals surface area contributed by atoms with Crippen LogP contribution < -0.4 is 4.31 Å². The second kappa shape index (κ2) is 6.28. The molecular formula is C15H14ClNO3S. The van der Waals surface area contributed by atoms with Gasteiger partial charge in [0.25, 0.3) is 10.0 Å². The topological polar surface area (TPSA) is 54.5 Å². The quantitative estimate of drug-likeness (QED) is 0.795. The first-order valence-electron chi connectivity index (χ1n) is 6.28. The van der Waals surface area contributed by atoms with Gasteiger partial charge in [0.05, 0.1) is 10.6 Å². The lowest BCUT2D eigenvalue weighted by molar-refractivity contribution is -0.112.